The fourth-order valence-electron chi connectivity index (χ4n) is 2.03. The van der Waals surface area contributed by atoms with E-state index in [1.165, 1.54) is 23.2 Å². The molecule has 2 nitrogen and oxygen atoms in total. The zero-order valence-corrected chi connectivity index (χ0v) is 8.68. The number of aryl methyl sites for hydroxylation is 1. The highest BCUT2D eigenvalue weighted by Gasteiger charge is 2.12. The molecular formula is C12H17NO. The summed E-state index contributed by atoms with van der Waals surface area (Å²) < 4.78 is 5.06. The topological polar surface area (TPSA) is 21.3 Å². The molecule has 0 radical (unpaired) electrons. The number of hydrogen-bond donors (Lipinski definition) is 1. The first-order valence-electron chi connectivity index (χ1n) is 5.25. The van der Waals surface area contributed by atoms with Crippen molar-refractivity contribution < 1.29 is 4.74 Å². The smallest absolute Gasteiger partial charge is 0.0465 e. The number of nitrogens with one attached hydrogen (secondary N) is 1. The Bertz CT molecular complexity index is 309. The normalized spacial score (nSPS) is 13.8. The van der Waals surface area contributed by atoms with Crippen molar-refractivity contribution in [2.24, 2.45) is 0 Å². The van der Waals surface area contributed by atoms with E-state index in [-0.39, 0.29) is 0 Å². The van der Waals surface area contributed by atoms with Crippen molar-refractivity contribution in [3.63, 3.8) is 0 Å². The Balaban J connectivity index is 2.06. The molecule has 2 heteroatoms. The summed E-state index contributed by atoms with van der Waals surface area (Å²) in [6, 6.07) is 6.59. The van der Waals surface area contributed by atoms with Crippen LogP contribution in [0.4, 0.5) is 5.69 Å². The van der Waals surface area contributed by atoms with Crippen molar-refractivity contribution in [2.75, 3.05) is 25.6 Å². The summed E-state index contributed by atoms with van der Waals surface area (Å²) in [4.78, 5) is 0. The molecule has 14 heavy (non-hydrogen) atoms. The van der Waals surface area contributed by atoms with Gasteiger partial charge in [-0.25, -0.2) is 0 Å². The molecule has 2 rings (SSSR count). The summed E-state index contributed by atoms with van der Waals surface area (Å²) >= 11 is 0. The second kappa shape index (κ2) is 4.47. The molecule has 0 unspecified atom stereocenters. The Morgan fingerprint density at radius 2 is 2.36 bits per heavy atom. The van der Waals surface area contributed by atoms with Gasteiger partial charge in [-0.3, -0.25) is 0 Å². The molecule has 0 spiro atoms. The van der Waals surface area contributed by atoms with Crippen molar-refractivity contribution in [3.8, 4) is 0 Å². The maximum absolute atomic E-state index is 5.06. The molecule has 0 amide bonds. The lowest BCUT2D eigenvalue weighted by molar-refractivity contribution is 0.195. The maximum atomic E-state index is 5.06. The molecule has 0 aliphatic carbocycles. The van der Waals surface area contributed by atoms with Gasteiger partial charge in [0.2, 0.25) is 0 Å². The van der Waals surface area contributed by atoms with Crippen molar-refractivity contribution in [3.05, 3.63) is 29.3 Å². The van der Waals surface area contributed by atoms with E-state index >= 15 is 0 Å². The molecule has 1 aromatic rings. The highest BCUT2D eigenvalue weighted by atomic mass is 16.5. The van der Waals surface area contributed by atoms with Crippen molar-refractivity contribution in [1.82, 2.24) is 0 Å². The second-order valence-corrected chi connectivity index (χ2v) is 3.72. The Hall–Kier alpha value is -1.02. The van der Waals surface area contributed by atoms with Crippen LogP contribution in [-0.2, 0) is 17.6 Å². The number of rotatable bonds is 4. The zero-order chi connectivity index (χ0) is 9.80. The molecule has 0 bridgehead atoms. The molecule has 1 aliphatic heterocycles. The van der Waals surface area contributed by atoms with Gasteiger partial charge >= 0.3 is 0 Å². The van der Waals surface area contributed by atoms with Gasteiger partial charge < -0.3 is 10.1 Å². The third kappa shape index (κ3) is 1.90. The van der Waals surface area contributed by atoms with Gasteiger partial charge in [0.05, 0.1) is 0 Å². The van der Waals surface area contributed by atoms with Crippen LogP contribution in [0.5, 0.6) is 0 Å². The quantitative estimate of drug-likeness (QED) is 0.737. The Kier molecular flexibility index (Phi) is 3.04. The maximum Gasteiger partial charge on any atom is 0.0465 e. The fourth-order valence-corrected chi connectivity index (χ4v) is 2.03. The number of methoxy groups -OCH3 is 1. The molecule has 1 heterocycles. The van der Waals surface area contributed by atoms with Crippen molar-refractivity contribution in [1.29, 1.82) is 0 Å². The molecular weight excluding hydrogens is 174 g/mol. The van der Waals surface area contributed by atoms with E-state index in [1.54, 1.807) is 7.11 Å². The molecule has 0 saturated heterocycles. The highest BCUT2D eigenvalue weighted by molar-refractivity contribution is 5.61. The van der Waals surface area contributed by atoms with Gasteiger partial charge in [0.25, 0.3) is 0 Å². The van der Waals surface area contributed by atoms with Gasteiger partial charge in [-0.15, -0.1) is 0 Å². The van der Waals surface area contributed by atoms with Crippen molar-refractivity contribution in [2.45, 2.75) is 19.3 Å². The molecule has 0 fully saturated rings. The third-order valence-corrected chi connectivity index (χ3v) is 2.73. The van der Waals surface area contributed by atoms with Gasteiger partial charge in [0.1, 0.15) is 0 Å². The van der Waals surface area contributed by atoms with Gasteiger partial charge in [-0.1, -0.05) is 18.2 Å². The summed E-state index contributed by atoms with van der Waals surface area (Å²) in [5.74, 6) is 0. The minimum Gasteiger partial charge on any atom is -0.385 e. The SMILES string of the molecule is COCCCc1cccc2c1NCC2. The van der Waals surface area contributed by atoms with E-state index in [0.717, 1.165) is 26.0 Å². The second-order valence-electron chi connectivity index (χ2n) is 3.72. The molecule has 76 valence electrons. The summed E-state index contributed by atoms with van der Waals surface area (Å²) in [5, 5.41) is 3.45. The number of benzene rings is 1. The lowest BCUT2D eigenvalue weighted by atomic mass is 10.0. The van der Waals surface area contributed by atoms with E-state index in [2.05, 4.69) is 23.5 Å². The third-order valence-electron chi connectivity index (χ3n) is 2.73. The van der Waals surface area contributed by atoms with Crippen LogP contribution in [0, 0.1) is 0 Å². The van der Waals surface area contributed by atoms with Crippen LogP contribution < -0.4 is 5.32 Å². The number of anilines is 1. The molecule has 0 aromatic heterocycles. The fraction of sp³-hybridized carbons (Fsp3) is 0.500. The van der Waals surface area contributed by atoms with Crippen LogP contribution in [-0.4, -0.2) is 20.3 Å². The van der Waals surface area contributed by atoms with Crippen molar-refractivity contribution >= 4 is 5.69 Å². The standard InChI is InChI=1S/C12H17NO/c1-14-9-3-6-10-4-2-5-11-7-8-13-12(10)11/h2,4-5,13H,3,6-9H2,1H3. The molecule has 1 N–H and O–H groups in total. The Morgan fingerprint density at radius 3 is 3.21 bits per heavy atom. The van der Waals surface area contributed by atoms with E-state index in [4.69, 9.17) is 4.74 Å². The number of fused-ring (bicyclic) bond motifs is 1. The van der Waals surface area contributed by atoms with E-state index in [1.807, 2.05) is 0 Å². The molecule has 1 aliphatic rings. The Morgan fingerprint density at radius 1 is 1.43 bits per heavy atom. The van der Waals surface area contributed by atoms with Crippen LogP contribution in [0.15, 0.2) is 18.2 Å². The number of para-hydroxylation sites is 1. The first-order valence-corrected chi connectivity index (χ1v) is 5.25. The monoisotopic (exact) mass is 191 g/mol. The highest BCUT2D eigenvalue weighted by Crippen LogP contribution is 2.27. The lowest BCUT2D eigenvalue weighted by Crippen LogP contribution is -1.98. The minimum atomic E-state index is 0.851. The van der Waals surface area contributed by atoms with E-state index in [9.17, 15) is 0 Å². The summed E-state index contributed by atoms with van der Waals surface area (Å²) in [6.45, 7) is 1.94. The van der Waals surface area contributed by atoms with E-state index in [0.29, 0.717) is 0 Å². The van der Waals surface area contributed by atoms with Gasteiger partial charge in [-0.2, -0.15) is 0 Å². The predicted octanol–water partition coefficient (Wildman–Crippen LogP) is 2.23. The molecule has 0 atom stereocenters. The van der Waals surface area contributed by atoms with Gasteiger partial charge in [0, 0.05) is 25.9 Å². The minimum absolute atomic E-state index is 0.851. The van der Waals surface area contributed by atoms with E-state index < -0.39 is 0 Å². The molecule has 0 saturated carbocycles. The largest absolute Gasteiger partial charge is 0.385 e. The molecule has 1 aromatic carbocycles. The van der Waals surface area contributed by atoms with Gasteiger partial charge in [0.15, 0.2) is 0 Å². The van der Waals surface area contributed by atoms with Gasteiger partial charge in [-0.05, 0) is 30.4 Å². The van der Waals surface area contributed by atoms with Crippen LogP contribution in [0.1, 0.15) is 17.5 Å². The first-order chi connectivity index (χ1) is 6.92. The lowest BCUT2D eigenvalue weighted by Gasteiger charge is -2.08. The zero-order valence-electron chi connectivity index (χ0n) is 8.68. The Labute approximate surface area is 85.3 Å². The number of ether oxygens (including phenoxy) is 1. The average molecular weight is 191 g/mol. The summed E-state index contributed by atoms with van der Waals surface area (Å²) in [7, 11) is 1.76. The van der Waals surface area contributed by atoms with Crippen LogP contribution in [0.3, 0.4) is 0 Å². The summed E-state index contributed by atoms with van der Waals surface area (Å²) in [6.07, 6.45) is 3.39. The van der Waals surface area contributed by atoms with Crippen LogP contribution >= 0.6 is 0 Å². The number of hydrogen-bond acceptors (Lipinski definition) is 2. The average Bonchev–Trinajstić information content (AvgIpc) is 2.67. The van der Waals surface area contributed by atoms with Crippen LogP contribution in [0.2, 0.25) is 0 Å². The predicted molar refractivity (Wildman–Crippen MR) is 58.8 cm³/mol. The summed E-state index contributed by atoms with van der Waals surface area (Å²) in [5.41, 5.74) is 4.29. The first kappa shape index (κ1) is 9.53. The van der Waals surface area contributed by atoms with Crippen LogP contribution in [0.25, 0.3) is 0 Å².